The van der Waals surface area contributed by atoms with Gasteiger partial charge in [-0.1, -0.05) is 20.3 Å². The molecule has 4 nitrogen and oxygen atoms in total. The zero-order valence-electron chi connectivity index (χ0n) is 10.5. The highest BCUT2D eigenvalue weighted by Gasteiger charge is 2.26. The fourth-order valence-corrected chi connectivity index (χ4v) is 3.03. The van der Waals surface area contributed by atoms with Crippen molar-refractivity contribution in [3.05, 3.63) is 0 Å². The predicted molar refractivity (Wildman–Crippen MR) is 66.8 cm³/mol. The summed E-state index contributed by atoms with van der Waals surface area (Å²) >= 11 is 0. The van der Waals surface area contributed by atoms with Gasteiger partial charge in [-0.15, -0.1) is 0 Å². The van der Waals surface area contributed by atoms with E-state index < -0.39 is 10.0 Å². The van der Waals surface area contributed by atoms with Crippen molar-refractivity contribution in [3.63, 3.8) is 0 Å². The Morgan fingerprint density at radius 2 is 1.69 bits per heavy atom. The van der Waals surface area contributed by atoms with Crippen molar-refractivity contribution in [2.45, 2.75) is 39.2 Å². The highest BCUT2D eigenvalue weighted by molar-refractivity contribution is 7.88. The van der Waals surface area contributed by atoms with Gasteiger partial charge in [0.15, 0.2) is 0 Å². The molecule has 2 atom stereocenters. The van der Waals surface area contributed by atoms with Gasteiger partial charge in [-0.25, -0.2) is 13.1 Å². The molecule has 2 unspecified atom stereocenters. The van der Waals surface area contributed by atoms with Crippen LogP contribution in [0.25, 0.3) is 0 Å². The van der Waals surface area contributed by atoms with Gasteiger partial charge in [0, 0.05) is 19.1 Å². The lowest BCUT2D eigenvalue weighted by Crippen LogP contribution is -2.45. The average molecular weight is 248 g/mol. The van der Waals surface area contributed by atoms with E-state index in [0.717, 1.165) is 0 Å². The summed E-state index contributed by atoms with van der Waals surface area (Å²) in [4.78, 5) is 0. The molecule has 2 N–H and O–H groups in total. The van der Waals surface area contributed by atoms with E-state index in [4.69, 9.17) is 0 Å². The van der Waals surface area contributed by atoms with Crippen LogP contribution in [-0.2, 0) is 10.0 Å². The minimum absolute atomic E-state index is 0.481. The van der Waals surface area contributed by atoms with Gasteiger partial charge in [-0.05, 0) is 24.7 Å². The first-order chi connectivity index (χ1) is 7.40. The Balaban J connectivity index is 2.25. The van der Waals surface area contributed by atoms with Crippen LogP contribution in [0.1, 0.15) is 33.1 Å². The molecular weight excluding hydrogens is 224 g/mol. The highest BCUT2D eigenvalue weighted by Crippen LogP contribution is 2.28. The standard InChI is InChI=1S/C11H24N2O2S/c1-9-5-4-6-10(2)11(9)12-7-8-13-16(3,14)15/h9-13H,4-8H2,1-3H3. The number of hydrogen-bond donors (Lipinski definition) is 2. The summed E-state index contributed by atoms with van der Waals surface area (Å²) in [7, 11) is -3.04. The van der Waals surface area contributed by atoms with Crippen LogP contribution in [0, 0.1) is 11.8 Å². The van der Waals surface area contributed by atoms with Gasteiger partial charge < -0.3 is 5.32 Å². The second-order valence-corrected chi connectivity index (χ2v) is 6.86. The SMILES string of the molecule is CC1CCCC(C)C1NCCNS(C)(=O)=O. The van der Waals surface area contributed by atoms with Crippen LogP contribution in [0.15, 0.2) is 0 Å². The monoisotopic (exact) mass is 248 g/mol. The smallest absolute Gasteiger partial charge is 0.208 e. The molecule has 0 spiro atoms. The van der Waals surface area contributed by atoms with Gasteiger partial charge in [-0.2, -0.15) is 0 Å². The summed E-state index contributed by atoms with van der Waals surface area (Å²) in [5, 5.41) is 3.47. The van der Waals surface area contributed by atoms with E-state index >= 15 is 0 Å². The van der Waals surface area contributed by atoms with Crippen molar-refractivity contribution >= 4 is 10.0 Å². The summed E-state index contributed by atoms with van der Waals surface area (Å²) < 4.78 is 24.2. The van der Waals surface area contributed by atoms with Gasteiger partial charge in [0.05, 0.1) is 6.26 Å². The minimum atomic E-state index is -3.04. The Morgan fingerprint density at radius 3 is 2.19 bits per heavy atom. The third-order valence-electron chi connectivity index (χ3n) is 3.41. The molecular formula is C11H24N2O2S. The van der Waals surface area contributed by atoms with E-state index in [2.05, 4.69) is 23.9 Å². The Hall–Kier alpha value is -0.130. The molecule has 0 aromatic carbocycles. The van der Waals surface area contributed by atoms with Crippen LogP contribution in [0.3, 0.4) is 0 Å². The van der Waals surface area contributed by atoms with Crippen molar-refractivity contribution in [2.24, 2.45) is 11.8 Å². The molecule has 0 aromatic heterocycles. The Bertz CT molecular complexity index is 293. The summed E-state index contributed by atoms with van der Waals surface area (Å²) in [5.41, 5.74) is 0. The summed E-state index contributed by atoms with van der Waals surface area (Å²) in [6.45, 7) is 5.75. The molecule has 0 amide bonds. The highest BCUT2D eigenvalue weighted by atomic mass is 32.2. The second-order valence-electron chi connectivity index (χ2n) is 5.03. The molecule has 0 radical (unpaired) electrons. The first kappa shape index (κ1) is 13.9. The van der Waals surface area contributed by atoms with Crippen LogP contribution >= 0.6 is 0 Å². The predicted octanol–water partition coefficient (Wildman–Crippen LogP) is 0.950. The molecule has 0 heterocycles. The van der Waals surface area contributed by atoms with Crippen LogP contribution in [0.4, 0.5) is 0 Å². The summed E-state index contributed by atoms with van der Waals surface area (Å²) in [6, 6.07) is 0.537. The molecule has 0 aliphatic heterocycles. The molecule has 1 saturated carbocycles. The lowest BCUT2D eigenvalue weighted by Gasteiger charge is -2.35. The molecule has 96 valence electrons. The Labute approximate surface area is 99.2 Å². The first-order valence-corrected chi connectivity index (χ1v) is 7.97. The second kappa shape index (κ2) is 5.98. The molecule has 1 aliphatic rings. The zero-order chi connectivity index (χ0) is 12.2. The van der Waals surface area contributed by atoms with Crippen molar-refractivity contribution in [3.8, 4) is 0 Å². The molecule has 5 heteroatoms. The van der Waals surface area contributed by atoms with Crippen molar-refractivity contribution in [2.75, 3.05) is 19.3 Å². The quantitative estimate of drug-likeness (QED) is 0.712. The number of nitrogens with one attached hydrogen (secondary N) is 2. The maximum absolute atomic E-state index is 10.9. The summed E-state index contributed by atoms with van der Waals surface area (Å²) in [6.07, 6.45) is 5.07. The number of hydrogen-bond acceptors (Lipinski definition) is 3. The van der Waals surface area contributed by atoms with Gasteiger partial charge in [0.2, 0.25) is 10.0 Å². The maximum atomic E-state index is 10.9. The number of sulfonamides is 1. The number of rotatable bonds is 5. The third-order valence-corrected chi connectivity index (χ3v) is 4.14. The van der Waals surface area contributed by atoms with Crippen molar-refractivity contribution in [1.82, 2.24) is 10.0 Å². The van der Waals surface area contributed by atoms with Crippen molar-refractivity contribution < 1.29 is 8.42 Å². The lowest BCUT2D eigenvalue weighted by atomic mass is 9.79. The van der Waals surface area contributed by atoms with Crippen LogP contribution in [0.2, 0.25) is 0 Å². The zero-order valence-corrected chi connectivity index (χ0v) is 11.3. The summed E-state index contributed by atoms with van der Waals surface area (Å²) in [5.74, 6) is 1.39. The average Bonchev–Trinajstić information content (AvgIpc) is 2.14. The first-order valence-electron chi connectivity index (χ1n) is 6.08. The fourth-order valence-electron chi connectivity index (χ4n) is 2.56. The molecule has 0 bridgehead atoms. The van der Waals surface area contributed by atoms with Gasteiger partial charge in [0.1, 0.15) is 0 Å². The van der Waals surface area contributed by atoms with E-state index in [0.29, 0.717) is 31.0 Å². The van der Waals surface area contributed by atoms with E-state index in [1.807, 2.05) is 0 Å². The van der Waals surface area contributed by atoms with E-state index in [-0.39, 0.29) is 0 Å². The van der Waals surface area contributed by atoms with Crippen LogP contribution in [0.5, 0.6) is 0 Å². The normalized spacial score (nSPS) is 31.6. The van der Waals surface area contributed by atoms with Crippen LogP contribution in [-0.4, -0.2) is 33.8 Å². The van der Waals surface area contributed by atoms with Gasteiger partial charge in [-0.3, -0.25) is 0 Å². The third kappa shape index (κ3) is 4.80. The van der Waals surface area contributed by atoms with Crippen molar-refractivity contribution in [1.29, 1.82) is 0 Å². The molecule has 0 saturated heterocycles. The van der Waals surface area contributed by atoms with Gasteiger partial charge >= 0.3 is 0 Å². The minimum Gasteiger partial charge on any atom is -0.312 e. The maximum Gasteiger partial charge on any atom is 0.208 e. The fraction of sp³-hybridized carbons (Fsp3) is 1.00. The largest absolute Gasteiger partial charge is 0.312 e. The molecule has 1 rings (SSSR count). The molecule has 0 aromatic rings. The lowest BCUT2D eigenvalue weighted by molar-refractivity contribution is 0.210. The van der Waals surface area contributed by atoms with E-state index in [1.165, 1.54) is 25.5 Å². The molecule has 1 fully saturated rings. The van der Waals surface area contributed by atoms with Gasteiger partial charge in [0.25, 0.3) is 0 Å². The van der Waals surface area contributed by atoms with E-state index in [9.17, 15) is 8.42 Å². The Kier molecular flexibility index (Phi) is 5.21. The molecule has 1 aliphatic carbocycles. The van der Waals surface area contributed by atoms with Crippen LogP contribution < -0.4 is 10.0 Å². The van der Waals surface area contributed by atoms with E-state index in [1.54, 1.807) is 0 Å². The topological polar surface area (TPSA) is 58.2 Å². The Morgan fingerprint density at radius 1 is 1.12 bits per heavy atom. The molecule has 16 heavy (non-hydrogen) atoms.